The summed E-state index contributed by atoms with van der Waals surface area (Å²) >= 11 is 0. The zero-order valence-corrected chi connectivity index (χ0v) is 8.39. The second kappa shape index (κ2) is 4.21. The Morgan fingerprint density at radius 1 is 0.824 bits per heavy atom. The van der Waals surface area contributed by atoms with E-state index in [0.29, 0.717) is 0 Å². The highest BCUT2D eigenvalue weighted by Crippen LogP contribution is 2.53. The van der Waals surface area contributed by atoms with E-state index < -0.39 is 37.0 Å². The summed E-state index contributed by atoms with van der Waals surface area (Å²) in [5.41, 5.74) is 0. The van der Waals surface area contributed by atoms with Gasteiger partial charge in [-0.3, -0.25) is 0 Å². The largest absolute Gasteiger partial charge is 0.383 e. The first-order valence-corrected chi connectivity index (χ1v) is 3.91. The molecule has 0 radical (unpaired) electrons. The van der Waals surface area contributed by atoms with Crippen molar-refractivity contribution in [3.8, 4) is 0 Å². The Bertz CT molecular complexity index is 269. The topological polar surface area (TPSA) is 9.23 Å². The second-order valence-corrected chi connectivity index (χ2v) is 3.21. The number of ether oxygens (including phenoxy) is 1. The second-order valence-electron chi connectivity index (χ2n) is 3.21. The molecule has 0 spiro atoms. The molecule has 104 valence electrons. The van der Waals surface area contributed by atoms with Gasteiger partial charge in [-0.2, -0.15) is 35.1 Å². The lowest BCUT2D eigenvalue weighted by Crippen LogP contribution is -2.64. The minimum absolute atomic E-state index is 0.191. The smallest absolute Gasteiger partial charge is 0.347 e. The highest BCUT2D eigenvalue weighted by molar-refractivity contribution is 5.03. The van der Waals surface area contributed by atoms with Gasteiger partial charge in [0.15, 0.2) is 0 Å². The van der Waals surface area contributed by atoms with Gasteiger partial charge in [-0.1, -0.05) is 0 Å². The standard InChI is InChI=1S/C7H7F9O/c1-4(9,10)6(13,14)7(15,16)5(11,12)3(8)17-2/h3H,1-2H3. The quantitative estimate of drug-likeness (QED) is 0.699. The van der Waals surface area contributed by atoms with Crippen LogP contribution in [0.3, 0.4) is 0 Å². The highest BCUT2D eigenvalue weighted by Gasteiger charge is 2.81. The van der Waals surface area contributed by atoms with Crippen molar-refractivity contribution in [2.24, 2.45) is 0 Å². The van der Waals surface area contributed by atoms with Crippen LogP contribution >= 0.6 is 0 Å². The number of methoxy groups -OCH3 is 1. The Morgan fingerprint density at radius 3 is 1.41 bits per heavy atom. The molecule has 1 atom stereocenters. The third kappa shape index (κ3) is 2.31. The average Bonchev–Trinajstić information content (AvgIpc) is 2.13. The molecule has 0 aliphatic heterocycles. The van der Waals surface area contributed by atoms with Crippen LogP contribution in [0.25, 0.3) is 0 Å². The van der Waals surface area contributed by atoms with Crippen LogP contribution in [0.2, 0.25) is 0 Å². The van der Waals surface area contributed by atoms with E-state index in [1.54, 1.807) is 0 Å². The summed E-state index contributed by atoms with van der Waals surface area (Å²) in [6, 6.07) is 0. The van der Waals surface area contributed by atoms with Crippen molar-refractivity contribution in [3.63, 3.8) is 0 Å². The third-order valence-electron chi connectivity index (χ3n) is 1.86. The van der Waals surface area contributed by atoms with Gasteiger partial charge >= 0.3 is 23.7 Å². The molecular formula is C7H7F9O. The molecule has 0 heterocycles. The summed E-state index contributed by atoms with van der Waals surface area (Å²) in [4.78, 5) is 0. The van der Waals surface area contributed by atoms with Crippen molar-refractivity contribution in [2.75, 3.05) is 7.11 Å². The van der Waals surface area contributed by atoms with Gasteiger partial charge in [0.1, 0.15) is 0 Å². The molecular weight excluding hydrogens is 271 g/mol. The lowest BCUT2D eigenvalue weighted by atomic mass is 9.99. The van der Waals surface area contributed by atoms with Crippen molar-refractivity contribution in [1.82, 2.24) is 0 Å². The minimum atomic E-state index is -6.62. The van der Waals surface area contributed by atoms with Crippen LogP contribution < -0.4 is 0 Å². The van der Waals surface area contributed by atoms with Gasteiger partial charge in [0.25, 0.3) is 6.36 Å². The predicted molar refractivity (Wildman–Crippen MR) is 37.4 cm³/mol. The molecule has 0 bridgehead atoms. The number of hydrogen-bond acceptors (Lipinski definition) is 1. The lowest BCUT2D eigenvalue weighted by molar-refractivity contribution is -0.388. The fourth-order valence-corrected chi connectivity index (χ4v) is 0.776. The molecule has 0 aliphatic rings. The van der Waals surface area contributed by atoms with E-state index in [2.05, 4.69) is 4.74 Å². The normalized spacial score (nSPS) is 17.1. The summed E-state index contributed by atoms with van der Waals surface area (Å²) in [5, 5.41) is 0. The number of alkyl halides is 9. The van der Waals surface area contributed by atoms with E-state index in [-0.39, 0.29) is 7.11 Å². The third-order valence-corrected chi connectivity index (χ3v) is 1.86. The molecule has 0 aromatic heterocycles. The molecule has 0 rings (SSSR count). The van der Waals surface area contributed by atoms with Gasteiger partial charge < -0.3 is 4.74 Å². The minimum Gasteiger partial charge on any atom is -0.347 e. The first-order chi connectivity index (χ1) is 7.23. The summed E-state index contributed by atoms with van der Waals surface area (Å²) in [6.07, 6.45) is -4.15. The molecule has 1 unspecified atom stereocenters. The fraction of sp³-hybridized carbons (Fsp3) is 1.00. The first-order valence-electron chi connectivity index (χ1n) is 3.91. The molecule has 0 aliphatic carbocycles. The maximum absolute atomic E-state index is 12.6. The molecule has 10 heteroatoms. The lowest BCUT2D eigenvalue weighted by Gasteiger charge is -2.36. The number of rotatable bonds is 5. The summed E-state index contributed by atoms with van der Waals surface area (Å²) < 4.78 is 115. The Hall–Kier alpha value is -0.670. The predicted octanol–water partition coefficient (Wildman–Crippen LogP) is 3.49. The Kier molecular flexibility index (Phi) is 4.05. The summed E-state index contributed by atoms with van der Waals surface area (Å²) in [7, 11) is 0.191. The Balaban J connectivity index is 5.55. The van der Waals surface area contributed by atoms with Crippen LogP contribution in [0.4, 0.5) is 39.5 Å². The molecule has 0 aromatic rings. The van der Waals surface area contributed by atoms with E-state index in [1.807, 2.05) is 0 Å². The van der Waals surface area contributed by atoms with E-state index in [9.17, 15) is 39.5 Å². The van der Waals surface area contributed by atoms with E-state index >= 15 is 0 Å². The zero-order valence-electron chi connectivity index (χ0n) is 8.39. The van der Waals surface area contributed by atoms with Crippen LogP contribution in [0.15, 0.2) is 0 Å². The fourth-order valence-electron chi connectivity index (χ4n) is 0.776. The van der Waals surface area contributed by atoms with Gasteiger partial charge in [0.05, 0.1) is 0 Å². The van der Waals surface area contributed by atoms with Crippen LogP contribution in [-0.4, -0.2) is 37.2 Å². The SMILES string of the molecule is COC(F)C(F)(F)C(F)(F)C(F)(F)C(C)(F)F. The Labute approximate surface area is 89.5 Å². The highest BCUT2D eigenvalue weighted by atomic mass is 19.4. The van der Waals surface area contributed by atoms with E-state index in [0.717, 1.165) is 0 Å². The summed E-state index contributed by atoms with van der Waals surface area (Å²) in [5.74, 6) is -24.6. The maximum Gasteiger partial charge on any atom is 0.383 e. The van der Waals surface area contributed by atoms with Gasteiger partial charge in [0, 0.05) is 14.0 Å². The van der Waals surface area contributed by atoms with Crippen LogP contribution in [-0.2, 0) is 4.74 Å². The molecule has 0 fully saturated rings. The molecule has 0 aromatic carbocycles. The van der Waals surface area contributed by atoms with E-state index in [1.165, 1.54) is 0 Å². The molecule has 17 heavy (non-hydrogen) atoms. The number of hydrogen-bond donors (Lipinski definition) is 0. The van der Waals surface area contributed by atoms with Crippen molar-refractivity contribution < 1.29 is 44.3 Å². The van der Waals surface area contributed by atoms with Gasteiger partial charge in [-0.25, -0.2) is 4.39 Å². The molecule has 0 saturated carbocycles. The van der Waals surface area contributed by atoms with Crippen LogP contribution in [0.1, 0.15) is 6.92 Å². The van der Waals surface area contributed by atoms with Gasteiger partial charge in [0.2, 0.25) is 0 Å². The van der Waals surface area contributed by atoms with E-state index in [4.69, 9.17) is 0 Å². The maximum atomic E-state index is 12.6. The molecule has 0 amide bonds. The van der Waals surface area contributed by atoms with Gasteiger partial charge in [-0.15, -0.1) is 0 Å². The van der Waals surface area contributed by atoms with Crippen molar-refractivity contribution in [1.29, 1.82) is 0 Å². The van der Waals surface area contributed by atoms with Crippen molar-refractivity contribution in [2.45, 2.75) is 37.0 Å². The average molecular weight is 278 g/mol. The first kappa shape index (κ1) is 16.3. The summed E-state index contributed by atoms with van der Waals surface area (Å²) in [6.45, 7) is -0.684. The monoisotopic (exact) mass is 278 g/mol. The van der Waals surface area contributed by atoms with Crippen molar-refractivity contribution in [3.05, 3.63) is 0 Å². The molecule has 0 N–H and O–H groups in total. The van der Waals surface area contributed by atoms with Gasteiger partial charge in [-0.05, 0) is 0 Å². The zero-order chi connectivity index (χ0) is 14.3. The Morgan fingerprint density at radius 2 is 1.18 bits per heavy atom. The van der Waals surface area contributed by atoms with Crippen LogP contribution in [0, 0.1) is 0 Å². The number of halogens is 9. The van der Waals surface area contributed by atoms with Crippen molar-refractivity contribution >= 4 is 0 Å². The molecule has 0 saturated heterocycles. The van der Waals surface area contributed by atoms with Crippen LogP contribution in [0.5, 0.6) is 0 Å². The molecule has 1 nitrogen and oxygen atoms in total.